The highest BCUT2D eigenvalue weighted by Gasteiger charge is 2.34. The van der Waals surface area contributed by atoms with Gasteiger partial charge in [-0.1, -0.05) is 25.1 Å². The second-order valence-electron chi connectivity index (χ2n) is 6.71. The maximum Gasteiger partial charge on any atom is 0.306 e. The van der Waals surface area contributed by atoms with Crippen LogP contribution in [0.2, 0.25) is 0 Å². The number of aliphatic carboxylic acids is 1. The van der Waals surface area contributed by atoms with E-state index in [1.54, 1.807) is 12.0 Å². The van der Waals surface area contributed by atoms with Gasteiger partial charge in [0.05, 0.1) is 18.1 Å². The van der Waals surface area contributed by atoms with Crippen LogP contribution in [0.4, 0.5) is 0 Å². The Balaban J connectivity index is 1.86. The molecule has 1 aromatic carbocycles. The molecule has 1 aliphatic rings. The molecule has 0 spiro atoms. The lowest BCUT2D eigenvalue weighted by molar-refractivity contribution is -0.145. The van der Waals surface area contributed by atoms with E-state index >= 15 is 0 Å². The lowest BCUT2D eigenvalue weighted by Gasteiger charge is -2.34. The Bertz CT molecular complexity index is 783. The molecule has 0 radical (unpaired) electrons. The summed E-state index contributed by atoms with van der Waals surface area (Å²) in [6.45, 7) is 4.13. The summed E-state index contributed by atoms with van der Waals surface area (Å²) < 4.78 is 7.20. The normalized spacial score (nSPS) is 20.8. The molecule has 1 fully saturated rings. The average molecular weight is 344 g/mol. The van der Waals surface area contributed by atoms with E-state index in [1.165, 1.54) is 0 Å². The predicted molar refractivity (Wildman–Crippen MR) is 94.6 cm³/mol. The largest absolute Gasteiger partial charge is 0.481 e. The fourth-order valence-corrected chi connectivity index (χ4v) is 3.66. The zero-order chi connectivity index (χ0) is 18.0. The number of fused-ring (bicyclic) bond motifs is 1. The molecule has 2 unspecified atom stereocenters. The van der Waals surface area contributed by atoms with Crippen molar-refractivity contribution in [3.05, 3.63) is 36.0 Å². The Labute approximate surface area is 147 Å². The van der Waals surface area contributed by atoms with Gasteiger partial charge in [-0.2, -0.15) is 0 Å². The molecule has 134 valence electrons. The summed E-state index contributed by atoms with van der Waals surface area (Å²) >= 11 is 0. The molecule has 0 saturated carbocycles. The number of hydrogen-bond donors (Lipinski definition) is 1. The van der Waals surface area contributed by atoms with Crippen LogP contribution < -0.4 is 0 Å². The lowest BCUT2D eigenvalue weighted by Crippen LogP contribution is -2.44. The minimum atomic E-state index is -0.768. The first-order valence-electron chi connectivity index (χ1n) is 8.61. The summed E-state index contributed by atoms with van der Waals surface area (Å²) in [7, 11) is 1.66. The molecule has 25 heavy (non-hydrogen) atoms. The first kappa shape index (κ1) is 17.5. The van der Waals surface area contributed by atoms with Crippen LogP contribution in [0.25, 0.3) is 10.9 Å². The van der Waals surface area contributed by atoms with Crippen molar-refractivity contribution in [2.75, 3.05) is 26.8 Å². The quantitative estimate of drug-likeness (QED) is 0.904. The van der Waals surface area contributed by atoms with E-state index in [4.69, 9.17) is 4.74 Å². The second-order valence-corrected chi connectivity index (χ2v) is 6.71. The van der Waals surface area contributed by atoms with Gasteiger partial charge in [0.2, 0.25) is 0 Å². The number of ether oxygens (including phenoxy) is 1. The summed E-state index contributed by atoms with van der Waals surface area (Å²) in [6.07, 6.45) is 2.39. The third-order valence-corrected chi connectivity index (χ3v) is 5.06. The summed E-state index contributed by atoms with van der Waals surface area (Å²) in [4.78, 5) is 26.1. The first-order chi connectivity index (χ1) is 12.0. The highest BCUT2D eigenvalue weighted by atomic mass is 16.5. The molecule has 1 N–H and O–H groups in total. The molecule has 1 amide bonds. The van der Waals surface area contributed by atoms with E-state index in [0.717, 1.165) is 10.9 Å². The third-order valence-electron chi connectivity index (χ3n) is 5.06. The minimum Gasteiger partial charge on any atom is -0.481 e. The second kappa shape index (κ2) is 7.27. The minimum absolute atomic E-state index is 0.0249. The van der Waals surface area contributed by atoms with Crippen molar-refractivity contribution in [1.29, 1.82) is 0 Å². The van der Waals surface area contributed by atoms with Gasteiger partial charge in [-0.3, -0.25) is 9.59 Å². The number of piperidine rings is 1. The van der Waals surface area contributed by atoms with Crippen LogP contribution in [0.1, 0.15) is 23.7 Å². The number of amides is 1. The highest BCUT2D eigenvalue weighted by molar-refractivity contribution is 6.07. The van der Waals surface area contributed by atoms with Crippen LogP contribution in [0.5, 0.6) is 0 Å². The van der Waals surface area contributed by atoms with Crippen molar-refractivity contribution in [2.45, 2.75) is 19.9 Å². The van der Waals surface area contributed by atoms with Gasteiger partial charge in [0.25, 0.3) is 5.91 Å². The fourth-order valence-electron chi connectivity index (χ4n) is 3.66. The van der Waals surface area contributed by atoms with Gasteiger partial charge >= 0.3 is 5.97 Å². The van der Waals surface area contributed by atoms with Gasteiger partial charge in [-0.05, 0) is 18.4 Å². The van der Waals surface area contributed by atoms with Gasteiger partial charge < -0.3 is 19.3 Å². The molecule has 0 aliphatic carbocycles. The maximum absolute atomic E-state index is 13.1. The number of para-hydroxylation sites is 1. The smallest absolute Gasteiger partial charge is 0.306 e. The van der Waals surface area contributed by atoms with Gasteiger partial charge in [-0.25, -0.2) is 0 Å². The molecule has 1 aromatic heterocycles. The number of likely N-dealkylation sites (tertiary alicyclic amines) is 1. The van der Waals surface area contributed by atoms with Crippen molar-refractivity contribution in [1.82, 2.24) is 9.47 Å². The molecule has 1 saturated heterocycles. The Morgan fingerprint density at radius 3 is 2.76 bits per heavy atom. The van der Waals surface area contributed by atoms with Crippen LogP contribution >= 0.6 is 0 Å². The van der Waals surface area contributed by atoms with Gasteiger partial charge in [-0.15, -0.1) is 0 Å². The average Bonchev–Trinajstić information content (AvgIpc) is 2.97. The number of carbonyl (C=O) groups is 2. The molecule has 6 nitrogen and oxygen atoms in total. The number of benzene rings is 1. The number of carboxylic acids is 1. The molecule has 1 aliphatic heterocycles. The molecule has 0 bridgehead atoms. The standard InChI is InChI=1S/C19H24N2O4/c1-13-11-21(8-7-14(13)19(23)24)18(22)16-12-20(9-10-25-2)17-6-4-3-5-15(16)17/h3-6,12-14H,7-11H2,1-2H3,(H,23,24). The molecule has 2 atom stereocenters. The monoisotopic (exact) mass is 344 g/mol. The Morgan fingerprint density at radius 1 is 1.32 bits per heavy atom. The molecular formula is C19H24N2O4. The van der Waals surface area contributed by atoms with Crippen molar-refractivity contribution in [3.63, 3.8) is 0 Å². The molecule has 3 rings (SSSR count). The number of hydrogen-bond acceptors (Lipinski definition) is 3. The Hall–Kier alpha value is -2.34. The summed E-state index contributed by atoms with van der Waals surface area (Å²) in [5, 5.41) is 10.2. The van der Waals surface area contributed by atoms with Crippen molar-refractivity contribution in [2.24, 2.45) is 11.8 Å². The van der Waals surface area contributed by atoms with E-state index in [9.17, 15) is 14.7 Å². The number of nitrogens with zero attached hydrogens (tertiary/aromatic N) is 2. The maximum atomic E-state index is 13.1. The van der Waals surface area contributed by atoms with E-state index in [0.29, 0.717) is 38.2 Å². The van der Waals surface area contributed by atoms with Gasteiger partial charge in [0.1, 0.15) is 0 Å². The lowest BCUT2D eigenvalue weighted by atomic mass is 9.87. The Kier molecular flexibility index (Phi) is 5.08. The summed E-state index contributed by atoms with van der Waals surface area (Å²) in [6, 6.07) is 7.85. The zero-order valence-electron chi connectivity index (χ0n) is 14.6. The number of rotatable bonds is 5. The van der Waals surface area contributed by atoms with E-state index in [-0.39, 0.29) is 17.7 Å². The number of carbonyl (C=O) groups excluding carboxylic acids is 1. The van der Waals surface area contributed by atoms with Crippen LogP contribution in [0.15, 0.2) is 30.5 Å². The predicted octanol–water partition coefficient (Wildman–Crippen LogP) is 2.47. The van der Waals surface area contributed by atoms with Crippen molar-refractivity contribution in [3.8, 4) is 0 Å². The highest BCUT2D eigenvalue weighted by Crippen LogP contribution is 2.27. The molecule has 6 heteroatoms. The van der Waals surface area contributed by atoms with Crippen molar-refractivity contribution >= 4 is 22.8 Å². The van der Waals surface area contributed by atoms with Crippen LogP contribution in [-0.4, -0.2) is 53.3 Å². The Morgan fingerprint density at radius 2 is 2.08 bits per heavy atom. The molecular weight excluding hydrogens is 320 g/mol. The molecule has 2 aromatic rings. The summed E-state index contributed by atoms with van der Waals surface area (Å²) in [5.74, 6) is -1.21. The van der Waals surface area contributed by atoms with E-state index in [1.807, 2.05) is 42.0 Å². The number of aromatic nitrogens is 1. The summed E-state index contributed by atoms with van der Waals surface area (Å²) in [5.41, 5.74) is 1.68. The van der Waals surface area contributed by atoms with Gasteiger partial charge in [0.15, 0.2) is 0 Å². The van der Waals surface area contributed by atoms with Crippen molar-refractivity contribution < 1.29 is 19.4 Å². The zero-order valence-corrected chi connectivity index (χ0v) is 14.6. The third kappa shape index (κ3) is 3.39. The van der Waals surface area contributed by atoms with Gasteiger partial charge in [0, 0.05) is 43.8 Å². The number of methoxy groups -OCH3 is 1. The molecule has 2 heterocycles. The van der Waals surface area contributed by atoms with E-state index in [2.05, 4.69) is 0 Å². The van der Waals surface area contributed by atoms with Crippen LogP contribution in [0.3, 0.4) is 0 Å². The van der Waals surface area contributed by atoms with Crippen LogP contribution in [-0.2, 0) is 16.1 Å². The first-order valence-corrected chi connectivity index (χ1v) is 8.61. The van der Waals surface area contributed by atoms with Crippen LogP contribution in [0, 0.1) is 11.8 Å². The topological polar surface area (TPSA) is 71.8 Å². The van der Waals surface area contributed by atoms with E-state index < -0.39 is 5.97 Å². The number of carboxylic acid groups (broad SMARTS) is 1. The SMILES string of the molecule is COCCn1cc(C(=O)N2CCC(C(=O)O)C(C)C2)c2ccccc21. The fraction of sp³-hybridized carbons (Fsp3) is 0.474.